The van der Waals surface area contributed by atoms with E-state index in [1.165, 1.54) is 16.9 Å². The number of hydrogen-bond acceptors (Lipinski definition) is 4. The third-order valence-electron chi connectivity index (χ3n) is 2.04. The predicted octanol–water partition coefficient (Wildman–Crippen LogP) is 2.25. The highest BCUT2D eigenvalue weighted by atomic mass is 79.9. The van der Waals surface area contributed by atoms with Crippen LogP contribution in [0.4, 0.5) is 5.69 Å². The van der Waals surface area contributed by atoms with Gasteiger partial charge in [-0.25, -0.2) is 9.67 Å². The van der Waals surface area contributed by atoms with Gasteiger partial charge in [-0.3, -0.25) is 10.1 Å². The maximum atomic E-state index is 10.7. The van der Waals surface area contributed by atoms with Crippen LogP contribution in [0.15, 0.2) is 29.1 Å². The van der Waals surface area contributed by atoms with Gasteiger partial charge in [-0.05, 0) is 22.9 Å². The summed E-state index contributed by atoms with van der Waals surface area (Å²) in [6.45, 7) is 1.65. The van der Waals surface area contributed by atoms with Crippen molar-refractivity contribution in [3.8, 4) is 5.82 Å². The van der Waals surface area contributed by atoms with Crippen molar-refractivity contribution >= 4 is 21.6 Å². The number of rotatable bonds is 2. The number of halogens is 1. The van der Waals surface area contributed by atoms with Crippen molar-refractivity contribution in [2.45, 2.75) is 6.92 Å². The highest BCUT2D eigenvalue weighted by Gasteiger charge is 2.13. The van der Waals surface area contributed by atoms with E-state index in [4.69, 9.17) is 0 Å². The summed E-state index contributed by atoms with van der Waals surface area (Å²) in [6, 6.07) is 1.40. The number of nitrogens with zero attached hydrogens (tertiary/aromatic N) is 4. The van der Waals surface area contributed by atoms with Crippen LogP contribution in [-0.2, 0) is 0 Å². The van der Waals surface area contributed by atoms with Crippen LogP contribution >= 0.6 is 15.9 Å². The third kappa shape index (κ3) is 1.94. The monoisotopic (exact) mass is 282 g/mol. The molecule has 0 radical (unpaired) electrons. The number of aromatic nitrogens is 3. The van der Waals surface area contributed by atoms with Gasteiger partial charge < -0.3 is 0 Å². The van der Waals surface area contributed by atoms with Crippen molar-refractivity contribution in [1.82, 2.24) is 14.8 Å². The van der Waals surface area contributed by atoms with E-state index < -0.39 is 4.92 Å². The van der Waals surface area contributed by atoms with E-state index in [2.05, 4.69) is 26.0 Å². The van der Waals surface area contributed by atoms with Crippen molar-refractivity contribution in [3.05, 3.63) is 44.8 Å². The molecule has 0 amide bonds. The Balaban J connectivity index is 2.51. The Hall–Kier alpha value is -1.76. The summed E-state index contributed by atoms with van der Waals surface area (Å²) in [4.78, 5) is 14.4. The fraction of sp³-hybridized carbons (Fsp3) is 0.111. The van der Waals surface area contributed by atoms with Crippen LogP contribution < -0.4 is 0 Å². The summed E-state index contributed by atoms with van der Waals surface area (Å²) >= 11 is 3.25. The first-order chi connectivity index (χ1) is 7.58. The zero-order valence-corrected chi connectivity index (χ0v) is 9.88. The molecular weight excluding hydrogens is 276 g/mol. The van der Waals surface area contributed by atoms with E-state index in [1.54, 1.807) is 19.3 Å². The standard InChI is InChI=1S/C9H7BrN4O2/c1-6-3-11-9(2-8(6)14(15)16)13-5-7(10)4-12-13/h2-5H,1H3. The second-order valence-electron chi connectivity index (χ2n) is 3.19. The van der Waals surface area contributed by atoms with Gasteiger partial charge >= 0.3 is 0 Å². The van der Waals surface area contributed by atoms with Crippen molar-refractivity contribution in [2.75, 3.05) is 0 Å². The molecule has 0 aromatic carbocycles. The Labute approximate surface area is 99.2 Å². The molecule has 0 N–H and O–H groups in total. The summed E-state index contributed by atoms with van der Waals surface area (Å²) in [6.07, 6.45) is 4.73. The van der Waals surface area contributed by atoms with Gasteiger partial charge in [0.2, 0.25) is 0 Å². The molecule has 2 rings (SSSR count). The molecule has 0 saturated carbocycles. The summed E-state index contributed by atoms with van der Waals surface area (Å²) in [7, 11) is 0. The molecule has 2 aromatic rings. The topological polar surface area (TPSA) is 73.8 Å². The van der Waals surface area contributed by atoms with Crippen molar-refractivity contribution in [3.63, 3.8) is 0 Å². The average Bonchev–Trinajstić information content (AvgIpc) is 2.65. The lowest BCUT2D eigenvalue weighted by atomic mass is 10.2. The van der Waals surface area contributed by atoms with Gasteiger partial charge in [0.05, 0.1) is 21.7 Å². The Morgan fingerprint density at radius 3 is 2.81 bits per heavy atom. The molecule has 0 bridgehead atoms. The molecule has 0 spiro atoms. The highest BCUT2D eigenvalue weighted by molar-refractivity contribution is 9.10. The molecule has 0 fully saturated rings. The Kier molecular flexibility index (Phi) is 2.69. The van der Waals surface area contributed by atoms with Crippen LogP contribution in [0.3, 0.4) is 0 Å². The van der Waals surface area contributed by atoms with Crippen molar-refractivity contribution < 1.29 is 4.92 Å². The van der Waals surface area contributed by atoms with Crippen molar-refractivity contribution in [2.24, 2.45) is 0 Å². The molecule has 6 nitrogen and oxygen atoms in total. The minimum absolute atomic E-state index is 0.0385. The maximum absolute atomic E-state index is 10.7. The molecule has 0 saturated heterocycles. The highest BCUT2D eigenvalue weighted by Crippen LogP contribution is 2.19. The molecule has 0 unspecified atom stereocenters. The average molecular weight is 283 g/mol. The fourth-order valence-electron chi connectivity index (χ4n) is 1.25. The molecule has 16 heavy (non-hydrogen) atoms. The summed E-state index contributed by atoms with van der Waals surface area (Å²) in [5.41, 5.74) is 0.566. The summed E-state index contributed by atoms with van der Waals surface area (Å²) in [5.74, 6) is 0.419. The minimum Gasteiger partial charge on any atom is -0.258 e. The molecule has 0 atom stereocenters. The number of pyridine rings is 1. The van der Waals surface area contributed by atoms with Crippen LogP contribution in [0.2, 0.25) is 0 Å². The van der Waals surface area contributed by atoms with E-state index in [9.17, 15) is 10.1 Å². The van der Waals surface area contributed by atoms with E-state index in [0.29, 0.717) is 11.4 Å². The van der Waals surface area contributed by atoms with Gasteiger partial charge in [0, 0.05) is 18.0 Å². The van der Waals surface area contributed by atoms with Crippen LogP contribution in [0.5, 0.6) is 0 Å². The van der Waals surface area contributed by atoms with E-state index in [0.717, 1.165) is 4.47 Å². The summed E-state index contributed by atoms with van der Waals surface area (Å²) < 4.78 is 2.26. The molecule has 2 heterocycles. The lowest BCUT2D eigenvalue weighted by Gasteiger charge is -2.01. The first-order valence-corrected chi connectivity index (χ1v) is 5.19. The van der Waals surface area contributed by atoms with Gasteiger partial charge in [-0.1, -0.05) is 0 Å². The van der Waals surface area contributed by atoms with E-state index >= 15 is 0 Å². The van der Waals surface area contributed by atoms with Gasteiger partial charge in [0.25, 0.3) is 5.69 Å². The van der Waals surface area contributed by atoms with E-state index in [-0.39, 0.29) is 5.69 Å². The zero-order valence-electron chi connectivity index (χ0n) is 8.29. The van der Waals surface area contributed by atoms with Crippen LogP contribution in [-0.4, -0.2) is 19.7 Å². The molecule has 0 aliphatic heterocycles. The Bertz CT molecular complexity index is 552. The molecule has 0 aliphatic carbocycles. The SMILES string of the molecule is Cc1cnc(-n2cc(Br)cn2)cc1[N+](=O)[O-]. The lowest BCUT2D eigenvalue weighted by molar-refractivity contribution is -0.385. The van der Waals surface area contributed by atoms with Gasteiger partial charge in [-0.15, -0.1) is 0 Å². The van der Waals surface area contributed by atoms with Crippen LogP contribution in [0.1, 0.15) is 5.56 Å². The van der Waals surface area contributed by atoms with Crippen LogP contribution in [0.25, 0.3) is 5.82 Å². The normalized spacial score (nSPS) is 10.4. The second-order valence-corrected chi connectivity index (χ2v) is 4.10. The largest absolute Gasteiger partial charge is 0.277 e. The first kappa shape index (κ1) is 10.7. The first-order valence-electron chi connectivity index (χ1n) is 4.39. The molecular formula is C9H7BrN4O2. The maximum Gasteiger partial charge on any atom is 0.277 e. The van der Waals surface area contributed by atoms with E-state index in [1.807, 2.05) is 0 Å². The molecule has 7 heteroatoms. The second kappa shape index (κ2) is 4.01. The van der Waals surface area contributed by atoms with Crippen LogP contribution in [0, 0.1) is 17.0 Å². The smallest absolute Gasteiger partial charge is 0.258 e. The Morgan fingerprint density at radius 2 is 2.25 bits per heavy atom. The number of hydrogen-bond donors (Lipinski definition) is 0. The molecule has 82 valence electrons. The number of aryl methyl sites for hydroxylation is 1. The van der Waals surface area contributed by atoms with Crippen molar-refractivity contribution in [1.29, 1.82) is 0 Å². The quantitative estimate of drug-likeness (QED) is 0.625. The molecule has 0 aliphatic rings. The zero-order chi connectivity index (χ0) is 11.7. The van der Waals surface area contributed by atoms with Gasteiger partial charge in [0.15, 0.2) is 5.82 Å². The number of nitro groups is 1. The Morgan fingerprint density at radius 1 is 1.50 bits per heavy atom. The summed E-state index contributed by atoms with van der Waals surface area (Å²) in [5, 5.41) is 14.8. The molecule has 2 aromatic heterocycles. The fourth-order valence-corrected chi connectivity index (χ4v) is 1.54. The predicted molar refractivity (Wildman–Crippen MR) is 60.5 cm³/mol. The van der Waals surface area contributed by atoms with Gasteiger partial charge in [-0.2, -0.15) is 5.10 Å². The van der Waals surface area contributed by atoms with Gasteiger partial charge in [0.1, 0.15) is 0 Å². The minimum atomic E-state index is -0.431. The third-order valence-corrected chi connectivity index (χ3v) is 2.45. The lowest BCUT2D eigenvalue weighted by Crippen LogP contribution is -2.00.